The van der Waals surface area contributed by atoms with E-state index in [0.717, 1.165) is 5.56 Å². The van der Waals surface area contributed by atoms with Crippen molar-refractivity contribution in [3.63, 3.8) is 0 Å². The van der Waals surface area contributed by atoms with Gasteiger partial charge in [-0.05, 0) is 40.8 Å². The summed E-state index contributed by atoms with van der Waals surface area (Å²) in [7, 11) is 1.35. The van der Waals surface area contributed by atoms with Crippen molar-refractivity contribution >= 4 is 29.0 Å². The predicted octanol–water partition coefficient (Wildman–Crippen LogP) is 1.82. The van der Waals surface area contributed by atoms with E-state index in [0.29, 0.717) is 35.4 Å². The van der Waals surface area contributed by atoms with Crippen LogP contribution in [-0.2, 0) is 14.2 Å². The van der Waals surface area contributed by atoms with Gasteiger partial charge in [-0.1, -0.05) is 36.4 Å². The molecule has 2 aliphatic rings. The van der Waals surface area contributed by atoms with Crippen LogP contribution in [0.4, 0.5) is 5.69 Å². The van der Waals surface area contributed by atoms with Crippen molar-refractivity contribution in [2.75, 3.05) is 25.6 Å². The summed E-state index contributed by atoms with van der Waals surface area (Å²) in [5.41, 5.74) is 2.04. The molecule has 0 bridgehead atoms. The molecular weight excluding hydrogens is 444 g/mol. The molecule has 3 heterocycles. The normalized spacial score (nSPS) is 23.7. The lowest BCUT2D eigenvalue weighted by Gasteiger charge is -2.20. The minimum absolute atomic E-state index is 0.138. The zero-order chi connectivity index (χ0) is 22.8. The van der Waals surface area contributed by atoms with Crippen LogP contribution >= 0.6 is 12.2 Å². The highest BCUT2D eigenvalue weighted by Crippen LogP contribution is 2.35. The summed E-state index contributed by atoms with van der Waals surface area (Å²) in [5.74, 6) is 0.264. The number of ether oxygens (including phenoxy) is 3. The molecule has 10 nitrogen and oxygen atoms in total. The van der Waals surface area contributed by atoms with Crippen LogP contribution in [0, 0.1) is 0 Å². The number of carbonyl (C=O) groups excluding carboxylic acids is 1. The third kappa shape index (κ3) is 4.30. The maximum absolute atomic E-state index is 11.8. The highest BCUT2D eigenvalue weighted by atomic mass is 32.1. The van der Waals surface area contributed by atoms with E-state index in [-0.39, 0.29) is 24.3 Å². The number of carbonyl (C=O) groups is 1. The quantitative estimate of drug-likeness (QED) is 0.426. The highest BCUT2D eigenvalue weighted by molar-refractivity contribution is 7.80. The van der Waals surface area contributed by atoms with Crippen LogP contribution in [0.15, 0.2) is 54.6 Å². The van der Waals surface area contributed by atoms with Crippen molar-refractivity contribution in [3.8, 4) is 11.4 Å². The summed E-state index contributed by atoms with van der Waals surface area (Å²) in [5, 5.41) is 19.0. The van der Waals surface area contributed by atoms with Gasteiger partial charge in [-0.15, -0.1) is 5.10 Å². The third-order valence-corrected chi connectivity index (χ3v) is 5.94. The molecule has 2 N–H and O–H groups in total. The fourth-order valence-corrected chi connectivity index (χ4v) is 4.45. The molecule has 170 valence electrons. The zero-order valence-corrected chi connectivity index (χ0v) is 18.6. The molecule has 11 heteroatoms. The van der Waals surface area contributed by atoms with E-state index in [9.17, 15) is 4.79 Å². The van der Waals surface area contributed by atoms with Crippen LogP contribution in [0.3, 0.4) is 0 Å². The highest BCUT2D eigenvalue weighted by Gasteiger charge is 2.49. The molecule has 0 radical (unpaired) electrons. The maximum atomic E-state index is 11.8. The molecule has 5 rings (SSSR count). The number of esters is 1. The Morgan fingerprint density at radius 2 is 1.94 bits per heavy atom. The first-order valence-electron chi connectivity index (χ1n) is 10.5. The predicted molar refractivity (Wildman–Crippen MR) is 123 cm³/mol. The van der Waals surface area contributed by atoms with Gasteiger partial charge in [0.15, 0.2) is 10.9 Å². The molecule has 4 atom stereocenters. The summed E-state index contributed by atoms with van der Waals surface area (Å²) in [4.78, 5) is 11.8. The summed E-state index contributed by atoms with van der Waals surface area (Å²) < 4.78 is 18.7. The third-order valence-electron chi connectivity index (χ3n) is 5.72. The Morgan fingerprint density at radius 3 is 2.76 bits per heavy atom. The van der Waals surface area contributed by atoms with Gasteiger partial charge in [-0.25, -0.2) is 9.48 Å². The number of fused-ring (bicyclic) bond motifs is 1. The van der Waals surface area contributed by atoms with Gasteiger partial charge in [0.1, 0.15) is 18.2 Å². The minimum Gasteiger partial charge on any atom is -0.465 e. The molecular formula is C22H22N6O4S. The van der Waals surface area contributed by atoms with Crippen LogP contribution in [0.2, 0.25) is 0 Å². The molecule has 2 aromatic carbocycles. The standard InChI is InChI=1S/C22H22N6O4S/c1-30-21(29)14-8-5-9-15(10-14)23-22(33)24-16-11-31-19-17(12-32-18(16)19)28-20(25-26-27-28)13-6-3-2-4-7-13/h2-10,16-19H,11-12H2,1H3,(H2,23,24,33)/t16-,17+,18-,19+/m1/s1. The number of aromatic nitrogens is 4. The van der Waals surface area contributed by atoms with E-state index < -0.39 is 5.97 Å². The molecule has 2 saturated heterocycles. The Balaban J connectivity index is 1.24. The Kier molecular flexibility index (Phi) is 5.99. The van der Waals surface area contributed by atoms with Crippen LogP contribution < -0.4 is 10.6 Å². The van der Waals surface area contributed by atoms with Gasteiger partial charge in [0, 0.05) is 11.3 Å². The summed E-state index contributed by atoms with van der Waals surface area (Å²) in [6, 6.07) is 16.4. The van der Waals surface area contributed by atoms with Gasteiger partial charge >= 0.3 is 5.97 Å². The van der Waals surface area contributed by atoms with Crippen LogP contribution in [0.1, 0.15) is 16.4 Å². The van der Waals surface area contributed by atoms with Crippen molar-refractivity contribution in [3.05, 3.63) is 60.2 Å². The van der Waals surface area contributed by atoms with Gasteiger partial charge in [0.25, 0.3) is 0 Å². The van der Waals surface area contributed by atoms with E-state index in [1.165, 1.54) is 7.11 Å². The molecule has 2 fully saturated rings. The number of nitrogens with zero attached hydrogens (tertiary/aromatic N) is 4. The van der Waals surface area contributed by atoms with Gasteiger partial charge in [0.2, 0.25) is 0 Å². The molecule has 2 aliphatic heterocycles. The first-order valence-corrected chi connectivity index (χ1v) is 10.9. The smallest absolute Gasteiger partial charge is 0.337 e. The van der Waals surface area contributed by atoms with Crippen molar-refractivity contribution in [1.82, 2.24) is 25.5 Å². The molecule has 0 amide bonds. The molecule has 1 aromatic heterocycles. The van der Waals surface area contributed by atoms with Crippen molar-refractivity contribution in [1.29, 1.82) is 0 Å². The molecule has 33 heavy (non-hydrogen) atoms. The van der Waals surface area contributed by atoms with Crippen molar-refractivity contribution in [2.24, 2.45) is 0 Å². The van der Waals surface area contributed by atoms with Gasteiger partial charge in [-0.3, -0.25) is 0 Å². The zero-order valence-electron chi connectivity index (χ0n) is 17.7. The van der Waals surface area contributed by atoms with E-state index in [1.807, 2.05) is 36.4 Å². The second-order valence-corrected chi connectivity index (χ2v) is 8.16. The number of methoxy groups -OCH3 is 1. The molecule has 3 aromatic rings. The maximum Gasteiger partial charge on any atom is 0.337 e. The fraction of sp³-hybridized carbons (Fsp3) is 0.318. The number of rotatable bonds is 5. The number of benzene rings is 2. The Bertz CT molecular complexity index is 1160. The lowest BCUT2D eigenvalue weighted by molar-refractivity contribution is 0.0600. The molecule has 0 spiro atoms. The lowest BCUT2D eigenvalue weighted by Crippen LogP contribution is -2.45. The number of thiocarbonyl (C=S) groups is 1. The Hall–Kier alpha value is -3.41. The first-order chi connectivity index (χ1) is 16.1. The van der Waals surface area contributed by atoms with Gasteiger partial charge in [0.05, 0.1) is 31.9 Å². The van der Waals surface area contributed by atoms with Crippen LogP contribution in [-0.4, -0.2) is 69.9 Å². The first kappa shape index (κ1) is 21.4. The average molecular weight is 467 g/mol. The molecule has 0 unspecified atom stereocenters. The lowest BCUT2D eigenvalue weighted by atomic mass is 10.1. The second kappa shape index (κ2) is 9.22. The number of tetrazole rings is 1. The largest absolute Gasteiger partial charge is 0.465 e. The van der Waals surface area contributed by atoms with E-state index in [4.69, 9.17) is 26.4 Å². The monoisotopic (exact) mass is 466 g/mol. The molecule has 0 aliphatic carbocycles. The number of anilines is 1. The average Bonchev–Trinajstić information content (AvgIpc) is 3.57. The topological polar surface area (TPSA) is 112 Å². The molecule has 0 saturated carbocycles. The van der Waals surface area contributed by atoms with Crippen LogP contribution in [0.25, 0.3) is 11.4 Å². The van der Waals surface area contributed by atoms with Gasteiger partial charge in [-0.2, -0.15) is 0 Å². The van der Waals surface area contributed by atoms with E-state index >= 15 is 0 Å². The Labute approximate surface area is 195 Å². The number of nitrogens with one attached hydrogen (secondary N) is 2. The van der Waals surface area contributed by atoms with Crippen molar-refractivity contribution in [2.45, 2.75) is 24.3 Å². The summed E-state index contributed by atoms with van der Waals surface area (Å²) in [6.45, 7) is 0.860. The minimum atomic E-state index is -0.410. The Morgan fingerprint density at radius 1 is 1.12 bits per heavy atom. The second-order valence-electron chi connectivity index (χ2n) is 7.75. The fourth-order valence-electron chi connectivity index (χ4n) is 4.18. The number of hydrogen-bond donors (Lipinski definition) is 2. The summed E-state index contributed by atoms with van der Waals surface area (Å²) >= 11 is 5.48. The number of hydrogen-bond acceptors (Lipinski definition) is 8. The van der Waals surface area contributed by atoms with E-state index in [2.05, 4.69) is 26.2 Å². The van der Waals surface area contributed by atoms with Crippen LogP contribution in [0.5, 0.6) is 0 Å². The SMILES string of the molecule is COC(=O)c1cccc(NC(=S)N[C@@H]2CO[C@@H]3[C@@H]2OC[C@@H]3n2nnnc2-c2ccccc2)c1. The van der Waals surface area contributed by atoms with Crippen molar-refractivity contribution < 1.29 is 19.0 Å². The summed E-state index contributed by atoms with van der Waals surface area (Å²) in [6.07, 6.45) is -0.414. The van der Waals surface area contributed by atoms with E-state index in [1.54, 1.807) is 22.9 Å². The van der Waals surface area contributed by atoms with Gasteiger partial charge < -0.3 is 24.8 Å².